The van der Waals surface area contributed by atoms with Gasteiger partial charge in [-0.05, 0) is 11.6 Å². The Balaban J connectivity index is 2.38. The minimum atomic E-state index is 0.0154. The molecule has 0 fully saturated rings. The Kier molecular flexibility index (Phi) is 5.76. The lowest BCUT2D eigenvalue weighted by molar-refractivity contribution is 0.0991. The van der Waals surface area contributed by atoms with Crippen LogP contribution in [-0.2, 0) is 4.74 Å². The molecule has 0 saturated heterocycles. The highest BCUT2D eigenvalue weighted by molar-refractivity contribution is 6.28. The van der Waals surface area contributed by atoms with Crippen LogP contribution in [0.1, 0.15) is 0 Å². The number of aliphatic hydroxyl groups excluding tert-OH is 1. The van der Waals surface area contributed by atoms with Gasteiger partial charge in [0, 0.05) is 13.6 Å². The highest BCUT2D eigenvalue weighted by Gasteiger charge is 2.02. The lowest BCUT2D eigenvalue weighted by Gasteiger charge is -2.06. The number of halogens is 1. The molecule has 0 saturated carbocycles. The van der Waals surface area contributed by atoms with E-state index in [2.05, 4.69) is 25.6 Å². The van der Waals surface area contributed by atoms with Crippen LogP contribution in [0.3, 0.4) is 0 Å². The number of nitrogens with one attached hydrogen (secondary N) is 2. The van der Waals surface area contributed by atoms with Gasteiger partial charge >= 0.3 is 0 Å². The van der Waals surface area contributed by atoms with Gasteiger partial charge < -0.3 is 20.5 Å². The van der Waals surface area contributed by atoms with Crippen molar-refractivity contribution in [1.29, 1.82) is 0 Å². The van der Waals surface area contributed by atoms with Crippen LogP contribution in [0.2, 0.25) is 5.28 Å². The van der Waals surface area contributed by atoms with Crippen molar-refractivity contribution < 1.29 is 9.84 Å². The van der Waals surface area contributed by atoms with Crippen molar-refractivity contribution in [3.05, 3.63) is 5.28 Å². The first-order chi connectivity index (χ1) is 7.76. The van der Waals surface area contributed by atoms with E-state index in [0.29, 0.717) is 31.7 Å². The molecule has 8 heteroatoms. The Morgan fingerprint density at radius 1 is 1.25 bits per heavy atom. The Morgan fingerprint density at radius 2 is 2.00 bits per heavy atom. The zero-order valence-corrected chi connectivity index (χ0v) is 9.66. The Labute approximate surface area is 98.2 Å². The maximum Gasteiger partial charge on any atom is 0.228 e. The summed E-state index contributed by atoms with van der Waals surface area (Å²) in [6.45, 7) is 1.32. The van der Waals surface area contributed by atoms with Crippen LogP contribution in [0.15, 0.2) is 0 Å². The number of anilines is 2. The van der Waals surface area contributed by atoms with Gasteiger partial charge in [0.2, 0.25) is 17.2 Å². The van der Waals surface area contributed by atoms with Crippen molar-refractivity contribution in [2.24, 2.45) is 0 Å². The fourth-order valence-corrected chi connectivity index (χ4v) is 1.10. The van der Waals surface area contributed by atoms with Gasteiger partial charge in [0.25, 0.3) is 0 Å². The van der Waals surface area contributed by atoms with Gasteiger partial charge in [0.1, 0.15) is 0 Å². The van der Waals surface area contributed by atoms with E-state index < -0.39 is 0 Å². The van der Waals surface area contributed by atoms with Crippen molar-refractivity contribution in [2.75, 3.05) is 44.0 Å². The molecule has 0 aliphatic heterocycles. The fourth-order valence-electron chi connectivity index (χ4n) is 0.943. The molecule has 1 heterocycles. The number of ether oxygens (including phenoxy) is 1. The third-order valence-electron chi connectivity index (χ3n) is 1.60. The number of nitrogens with zero attached hydrogens (tertiary/aromatic N) is 3. The number of hydrogen-bond acceptors (Lipinski definition) is 7. The predicted molar refractivity (Wildman–Crippen MR) is 60.8 cm³/mol. The largest absolute Gasteiger partial charge is 0.394 e. The molecule has 16 heavy (non-hydrogen) atoms. The summed E-state index contributed by atoms with van der Waals surface area (Å²) < 4.78 is 5.06. The van der Waals surface area contributed by atoms with E-state index in [0.717, 1.165) is 0 Å². The minimum absolute atomic E-state index is 0.0154. The van der Waals surface area contributed by atoms with Gasteiger partial charge in [-0.15, -0.1) is 0 Å². The summed E-state index contributed by atoms with van der Waals surface area (Å²) in [4.78, 5) is 11.8. The summed E-state index contributed by atoms with van der Waals surface area (Å²) in [7, 11) is 1.69. The molecule has 0 aliphatic carbocycles. The lowest BCUT2D eigenvalue weighted by atomic mass is 10.6. The topological polar surface area (TPSA) is 92.2 Å². The van der Waals surface area contributed by atoms with Crippen LogP contribution in [0.25, 0.3) is 0 Å². The monoisotopic (exact) mass is 247 g/mol. The van der Waals surface area contributed by atoms with E-state index >= 15 is 0 Å². The molecule has 0 unspecified atom stereocenters. The summed E-state index contributed by atoms with van der Waals surface area (Å²) >= 11 is 5.68. The standard InChI is InChI=1S/C8H14ClN5O2/c1-10-7-12-6(9)13-8(14-7)11-2-4-16-5-3-15/h15H,2-5H2,1H3,(H2,10,11,12,13,14). The summed E-state index contributed by atoms with van der Waals surface area (Å²) in [5.41, 5.74) is 0. The highest BCUT2D eigenvalue weighted by Crippen LogP contribution is 2.08. The first-order valence-electron chi connectivity index (χ1n) is 4.78. The summed E-state index contributed by atoms with van der Waals surface area (Å²) in [5.74, 6) is 0.788. The number of rotatable bonds is 7. The number of aliphatic hydroxyl groups is 1. The molecular weight excluding hydrogens is 234 g/mol. The quantitative estimate of drug-likeness (QED) is 0.584. The second-order valence-electron chi connectivity index (χ2n) is 2.76. The third kappa shape index (κ3) is 4.56. The maximum absolute atomic E-state index is 8.48. The molecule has 0 amide bonds. The number of aromatic nitrogens is 3. The van der Waals surface area contributed by atoms with Crippen molar-refractivity contribution >= 4 is 23.5 Å². The van der Waals surface area contributed by atoms with Crippen molar-refractivity contribution in [1.82, 2.24) is 15.0 Å². The first kappa shape index (κ1) is 12.9. The summed E-state index contributed by atoms with van der Waals surface area (Å²) in [5, 5.41) is 14.3. The van der Waals surface area contributed by atoms with E-state index in [4.69, 9.17) is 21.4 Å². The van der Waals surface area contributed by atoms with Gasteiger partial charge in [-0.1, -0.05) is 0 Å². The van der Waals surface area contributed by atoms with E-state index in [-0.39, 0.29) is 11.9 Å². The van der Waals surface area contributed by atoms with Gasteiger partial charge in [-0.2, -0.15) is 15.0 Å². The molecule has 1 rings (SSSR count). The van der Waals surface area contributed by atoms with Crippen LogP contribution in [0.4, 0.5) is 11.9 Å². The molecule has 1 aromatic heterocycles. The van der Waals surface area contributed by atoms with Gasteiger partial charge in [0.15, 0.2) is 0 Å². The number of hydrogen-bond donors (Lipinski definition) is 3. The first-order valence-corrected chi connectivity index (χ1v) is 5.16. The SMILES string of the molecule is CNc1nc(Cl)nc(NCCOCCO)n1. The molecule has 0 aromatic carbocycles. The molecule has 3 N–H and O–H groups in total. The van der Waals surface area contributed by atoms with Crippen LogP contribution >= 0.6 is 11.6 Å². The van der Waals surface area contributed by atoms with E-state index in [1.165, 1.54) is 0 Å². The Hall–Kier alpha value is -1.18. The van der Waals surface area contributed by atoms with Crippen molar-refractivity contribution in [3.63, 3.8) is 0 Å². The molecule has 0 bridgehead atoms. The second kappa shape index (κ2) is 7.15. The van der Waals surface area contributed by atoms with Crippen LogP contribution in [0.5, 0.6) is 0 Å². The van der Waals surface area contributed by atoms with E-state index in [1.54, 1.807) is 7.05 Å². The second-order valence-corrected chi connectivity index (χ2v) is 3.10. The van der Waals surface area contributed by atoms with Crippen LogP contribution in [0, 0.1) is 0 Å². The molecular formula is C8H14ClN5O2. The van der Waals surface area contributed by atoms with Crippen molar-refractivity contribution in [3.8, 4) is 0 Å². The summed E-state index contributed by atoms with van der Waals surface area (Å²) in [6.07, 6.45) is 0. The average molecular weight is 248 g/mol. The summed E-state index contributed by atoms with van der Waals surface area (Å²) in [6, 6.07) is 0. The minimum Gasteiger partial charge on any atom is -0.394 e. The van der Waals surface area contributed by atoms with E-state index in [9.17, 15) is 0 Å². The lowest BCUT2D eigenvalue weighted by Crippen LogP contribution is -2.14. The van der Waals surface area contributed by atoms with Gasteiger partial charge in [0.05, 0.1) is 19.8 Å². The smallest absolute Gasteiger partial charge is 0.228 e. The molecule has 0 radical (unpaired) electrons. The molecule has 0 aliphatic rings. The molecule has 90 valence electrons. The molecule has 7 nitrogen and oxygen atoms in total. The predicted octanol–water partition coefficient (Wildman–Crippen LogP) is -0.0125. The molecule has 0 spiro atoms. The third-order valence-corrected chi connectivity index (χ3v) is 1.77. The molecule has 1 aromatic rings. The average Bonchev–Trinajstić information content (AvgIpc) is 2.28. The Morgan fingerprint density at radius 3 is 2.69 bits per heavy atom. The van der Waals surface area contributed by atoms with Crippen LogP contribution < -0.4 is 10.6 Å². The van der Waals surface area contributed by atoms with Gasteiger partial charge in [-0.25, -0.2) is 0 Å². The normalized spacial score (nSPS) is 10.2. The highest BCUT2D eigenvalue weighted by atomic mass is 35.5. The van der Waals surface area contributed by atoms with Gasteiger partial charge in [-0.3, -0.25) is 0 Å². The molecule has 0 atom stereocenters. The van der Waals surface area contributed by atoms with Crippen LogP contribution in [-0.4, -0.2) is 53.5 Å². The Bertz CT molecular complexity index is 325. The van der Waals surface area contributed by atoms with E-state index in [1.807, 2.05) is 0 Å². The zero-order chi connectivity index (χ0) is 11.8. The maximum atomic E-state index is 8.48. The fraction of sp³-hybridized carbons (Fsp3) is 0.625. The zero-order valence-electron chi connectivity index (χ0n) is 8.90. The van der Waals surface area contributed by atoms with Crippen molar-refractivity contribution in [2.45, 2.75) is 0 Å².